The van der Waals surface area contributed by atoms with E-state index in [0.29, 0.717) is 22.2 Å². The fourth-order valence-corrected chi connectivity index (χ4v) is 3.17. The number of halogens is 3. The number of hydrogen-bond donors (Lipinski definition) is 2. The first-order valence-electron chi connectivity index (χ1n) is 6.31. The third kappa shape index (κ3) is 5.08. The predicted molar refractivity (Wildman–Crippen MR) is 93.4 cm³/mol. The molecule has 1 amide bonds. The Balaban J connectivity index is 0.00000220. The summed E-state index contributed by atoms with van der Waals surface area (Å²) in [6.45, 7) is 2.39. The minimum absolute atomic E-state index is 0. The van der Waals surface area contributed by atoms with Crippen molar-refractivity contribution in [1.82, 2.24) is 10.6 Å². The van der Waals surface area contributed by atoms with Crippen LogP contribution in [0.25, 0.3) is 0 Å². The molecular weight excluding hydrogens is 351 g/mol. The van der Waals surface area contributed by atoms with Crippen LogP contribution in [0.4, 0.5) is 0 Å². The van der Waals surface area contributed by atoms with Gasteiger partial charge in [-0.1, -0.05) is 34.9 Å². The molecule has 0 unspecified atom stereocenters. The number of nitrogens with one attached hydrogen (secondary N) is 2. The molecule has 0 aromatic heterocycles. The Bertz CT molecular complexity index is 549. The van der Waals surface area contributed by atoms with Gasteiger partial charge in [0.15, 0.2) is 0 Å². The van der Waals surface area contributed by atoms with Crippen LogP contribution in [-0.4, -0.2) is 31.8 Å². The number of hydrogen-bond acceptors (Lipinski definition) is 3. The van der Waals surface area contributed by atoms with Gasteiger partial charge in [-0.3, -0.25) is 4.79 Å². The molecule has 1 aliphatic heterocycles. The number of amides is 1. The van der Waals surface area contributed by atoms with Crippen molar-refractivity contribution in [3.8, 4) is 0 Å². The zero-order chi connectivity index (χ0) is 14.5. The largest absolute Gasteiger partial charge is 0.348 e. The van der Waals surface area contributed by atoms with Crippen LogP contribution in [0.3, 0.4) is 0 Å². The molecule has 0 fully saturated rings. The summed E-state index contributed by atoms with van der Waals surface area (Å²) in [4.78, 5) is 13.0. The van der Waals surface area contributed by atoms with Gasteiger partial charge >= 0.3 is 0 Å². The molecule has 7 heteroatoms. The first kappa shape index (κ1) is 18.7. The zero-order valence-electron chi connectivity index (χ0n) is 11.5. The normalized spacial score (nSPS) is 14.1. The van der Waals surface area contributed by atoms with E-state index in [1.165, 1.54) is 17.3 Å². The van der Waals surface area contributed by atoms with Crippen molar-refractivity contribution < 1.29 is 4.79 Å². The maximum absolute atomic E-state index is 12.2. The van der Waals surface area contributed by atoms with Crippen LogP contribution in [-0.2, 0) is 0 Å². The fraction of sp³-hybridized carbons (Fsp3) is 0.357. The summed E-state index contributed by atoms with van der Waals surface area (Å²) >= 11 is 13.6. The van der Waals surface area contributed by atoms with E-state index in [1.807, 2.05) is 6.26 Å². The summed E-state index contributed by atoms with van der Waals surface area (Å²) in [5.41, 5.74) is 1.71. The molecule has 2 N–H and O–H groups in total. The maximum Gasteiger partial charge on any atom is 0.253 e. The van der Waals surface area contributed by atoms with Crippen molar-refractivity contribution in [2.75, 3.05) is 25.9 Å². The topological polar surface area (TPSA) is 41.1 Å². The molecule has 1 aliphatic rings. The molecule has 0 aliphatic carbocycles. The molecule has 0 atom stereocenters. The summed E-state index contributed by atoms with van der Waals surface area (Å²) in [5, 5.41) is 7.09. The fourth-order valence-electron chi connectivity index (χ4n) is 1.98. The van der Waals surface area contributed by atoms with Crippen molar-refractivity contribution in [2.45, 2.75) is 11.3 Å². The van der Waals surface area contributed by atoms with Gasteiger partial charge < -0.3 is 10.6 Å². The Labute approximate surface area is 145 Å². The molecule has 3 nitrogen and oxygen atoms in total. The average Bonchev–Trinajstić information content (AvgIpc) is 2.46. The summed E-state index contributed by atoms with van der Waals surface area (Å²) in [7, 11) is 0. The Morgan fingerprint density at radius 3 is 2.76 bits per heavy atom. The molecular formula is C14H17Cl3N2OS. The number of benzene rings is 1. The molecule has 2 rings (SSSR count). The highest BCUT2D eigenvalue weighted by Gasteiger charge is 2.14. The van der Waals surface area contributed by atoms with Gasteiger partial charge in [0, 0.05) is 18.0 Å². The van der Waals surface area contributed by atoms with Crippen molar-refractivity contribution in [1.29, 1.82) is 0 Å². The van der Waals surface area contributed by atoms with Gasteiger partial charge in [0.05, 0.1) is 15.6 Å². The lowest BCUT2D eigenvalue weighted by molar-refractivity contribution is 0.0956. The highest BCUT2D eigenvalue weighted by atomic mass is 35.5. The third-order valence-electron chi connectivity index (χ3n) is 3.12. The van der Waals surface area contributed by atoms with Gasteiger partial charge in [0.25, 0.3) is 5.91 Å². The van der Waals surface area contributed by atoms with Gasteiger partial charge in [-0.05, 0) is 31.4 Å². The molecule has 116 valence electrons. The summed E-state index contributed by atoms with van der Waals surface area (Å²) < 4.78 is 0. The number of carbonyl (C=O) groups is 1. The van der Waals surface area contributed by atoms with E-state index < -0.39 is 0 Å². The molecule has 0 radical (unpaired) electrons. The average molecular weight is 368 g/mol. The van der Waals surface area contributed by atoms with Gasteiger partial charge in [0.1, 0.15) is 0 Å². The van der Waals surface area contributed by atoms with E-state index in [1.54, 1.807) is 12.1 Å². The minimum Gasteiger partial charge on any atom is -0.348 e. The molecule has 0 saturated carbocycles. The van der Waals surface area contributed by atoms with Gasteiger partial charge in [-0.25, -0.2) is 0 Å². The summed E-state index contributed by atoms with van der Waals surface area (Å²) in [6, 6.07) is 3.36. The highest BCUT2D eigenvalue weighted by Crippen LogP contribution is 2.31. The van der Waals surface area contributed by atoms with E-state index in [-0.39, 0.29) is 18.3 Å². The van der Waals surface area contributed by atoms with Gasteiger partial charge in [-0.2, -0.15) is 0 Å². The maximum atomic E-state index is 12.2. The summed E-state index contributed by atoms with van der Waals surface area (Å²) in [5.74, 6) is -0.165. The Hall–Kier alpha value is -0.390. The first-order chi connectivity index (χ1) is 9.61. The monoisotopic (exact) mass is 366 g/mol. The van der Waals surface area contributed by atoms with Crippen LogP contribution >= 0.6 is 47.4 Å². The molecule has 1 aromatic rings. The second-order valence-corrected chi connectivity index (χ2v) is 6.13. The van der Waals surface area contributed by atoms with Crippen LogP contribution in [0.15, 0.2) is 28.7 Å². The molecule has 1 heterocycles. The van der Waals surface area contributed by atoms with Gasteiger partial charge in [-0.15, -0.1) is 24.2 Å². The lowest BCUT2D eigenvalue weighted by atomic mass is 10.1. The zero-order valence-corrected chi connectivity index (χ0v) is 14.7. The van der Waals surface area contributed by atoms with Crippen LogP contribution in [0, 0.1) is 0 Å². The minimum atomic E-state index is -0.165. The Morgan fingerprint density at radius 2 is 2.14 bits per heavy atom. The number of rotatable bonds is 4. The van der Waals surface area contributed by atoms with Crippen LogP contribution in [0.1, 0.15) is 16.8 Å². The lowest BCUT2D eigenvalue weighted by Gasteiger charge is -2.15. The quantitative estimate of drug-likeness (QED) is 0.628. The Morgan fingerprint density at radius 1 is 1.38 bits per heavy atom. The molecule has 1 aromatic carbocycles. The smallest absolute Gasteiger partial charge is 0.253 e. The number of carbonyl (C=O) groups excluding carboxylic acids is 1. The summed E-state index contributed by atoms with van der Waals surface area (Å²) in [6.07, 6.45) is 4.99. The molecule has 0 bridgehead atoms. The van der Waals surface area contributed by atoms with E-state index in [9.17, 15) is 4.79 Å². The van der Waals surface area contributed by atoms with E-state index in [0.717, 1.165) is 24.4 Å². The van der Waals surface area contributed by atoms with Crippen LogP contribution in [0.2, 0.25) is 10.0 Å². The molecule has 21 heavy (non-hydrogen) atoms. The second-order valence-electron chi connectivity index (χ2n) is 4.47. The van der Waals surface area contributed by atoms with E-state index >= 15 is 0 Å². The van der Waals surface area contributed by atoms with Crippen molar-refractivity contribution >= 4 is 53.3 Å². The van der Waals surface area contributed by atoms with E-state index in [2.05, 4.69) is 16.7 Å². The van der Waals surface area contributed by atoms with Gasteiger partial charge in [0.2, 0.25) is 0 Å². The first-order valence-corrected chi connectivity index (χ1v) is 8.29. The van der Waals surface area contributed by atoms with E-state index in [4.69, 9.17) is 23.2 Å². The predicted octanol–water partition coefficient (Wildman–Crippen LogP) is 3.79. The SMILES string of the molecule is CSc1cc(C(=O)NCC2=CCNCC2)c(Cl)cc1Cl.Cl. The molecule has 0 saturated heterocycles. The molecule has 0 spiro atoms. The highest BCUT2D eigenvalue weighted by molar-refractivity contribution is 7.98. The van der Waals surface area contributed by atoms with Crippen molar-refractivity contribution in [3.05, 3.63) is 39.4 Å². The number of thioether (sulfide) groups is 1. The van der Waals surface area contributed by atoms with Crippen LogP contribution < -0.4 is 10.6 Å². The van der Waals surface area contributed by atoms with Crippen molar-refractivity contribution in [3.63, 3.8) is 0 Å². The standard InChI is InChI=1S/C14H16Cl2N2OS.ClH/c1-20-13-6-10(11(15)7-12(13)16)14(19)18-8-9-2-4-17-5-3-9;/h2,6-7,17H,3-5,8H2,1H3,(H,18,19);1H. The van der Waals surface area contributed by atoms with Crippen LogP contribution in [0.5, 0.6) is 0 Å². The third-order valence-corrected chi connectivity index (χ3v) is 4.64. The second kappa shape index (κ2) is 8.91. The Kier molecular flexibility index (Phi) is 7.92. The lowest BCUT2D eigenvalue weighted by Crippen LogP contribution is -2.29. The van der Waals surface area contributed by atoms with Crippen molar-refractivity contribution in [2.24, 2.45) is 0 Å².